The Morgan fingerprint density at radius 1 is 1.20 bits per heavy atom. The number of aromatic amines is 1. The normalized spacial score (nSPS) is 10.4. The highest BCUT2D eigenvalue weighted by molar-refractivity contribution is 7.17. The second kappa shape index (κ2) is 5.66. The molecule has 0 aliphatic rings. The second-order valence-corrected chi connectivity index (χ2v) is 5.19. The molecule has 0 bridgehead atoms. The molecule has 3 aromatic rings. The zero-order valence-electron chi connectivity index (χ0n) is 10.5. The van der Waals surface area contributed by atoms with Crippen LogP contribution in [-0.4, -0.2) is 20.9 Å². The summed E-state index contributed by atoms with van der Waals surface area (Å²) in [4.78, 5) is 25.0. The molecule has 0 radical (unpaired) electrons. The zero-order valence-corrected chi connectivity index (χ0v) is 11.4. The number of amides is 1. The lowest BCUT2D eigenvalue weighted by atomic mass is 10.3. The van der Waals surface area contributed by atoms with Crippen molar-refractivity contribution in [1.82, 2.24) is 20.3 Å². The second-order valence-electron chi connectivity index (χ2n) is 4.11. The smallest absolute Gasteiger partial charge is 0.261 e. The number of carbonyl (C=O) groups excluding carboxylic acids is 1. The van der Waals surface area contributed by atoms with Gasteiger partial charge in [0.1, 0.15) is 5.82 Å². The number of aromatic nitrogens is 3. The highest BCUT2D eigenvalue weighted by Gasteiger charge is 2.11. The number of nitrogens with zero attached hydrogens (tertiary/aromatic N) is 2. The molecule has 0 atom stereocenters. The van der Waals surface area contributed by atoms with E-state index in [2.05, 4.69) is 20.3 Å². The molecule has 5 nitrogen and oxygen atoms in total. The lowest BCUT2D eigenvalue weighted by Crippen LogP contribution is -2.22. The summed E-state index contributed by atoms with van der Waals surface area (Å²) in [6.07, 6.45) is 5.16. The van der Waals surface area contributed by atoms with Gasteiger partial charge in [0.05, 0.1) is 22.0 Å². The van der Waals surface area contributed by atoms with Crippen LogP contribution in [0.2, 0.25) is 0 Å². The van der Waals surface area contributed by atoms with Crippen molar-refractivity contribution < 1.29 is 4.79 Å². The van der Waals surface area contributed by atoms with E-state index in [4.69, 9.17) is 0 Å². The van der Waals surface area contributed by atoms with Crippen molar-refractivity contribution in [1.29, 1.82) is 0 Å². The molecule has 0 aromatic carbocycles. The van der Waals surface area contributed by atoms with Crippen LogP contribution in [-0.2, 0) is 6.54 Å². The van der Waals surface area contributed by atoms with Gasteiger partial charge in [-0.05, 0) is 24.3 Å². The summed E-state index contributed by atoms with van der Waals surface area (Å²) in [5, 5.41) is 2.85. The molecule has 2 N–H and O–H groups in total. The molecule has 0 unspecified atom stereocenters. The van der Waals surface area contributed by atoms with E-state index < -0.39 is 0 Å². The molecule has 6 heteroatoms. The molecule has 3 heterocycles. The molecule has 3 aromatic heterocycles. The Kier molecular flexibility index (Phi) is 3.56. The number of H-pyrrole nitrogens is 1. The first kappa shape index (κ1) is 12.6. The van der Waals surface area contributed by atoms with Gasteiger partial charge in [-0.3, -0.25) is 9.78 Å². The van der Waals surface area contributed by atoms with Gasteiger partial charge in [0.15, 0.2) is 0 Å². The van der Waals surface area contributed by atoms with Gasteiger partial charge in [0.25, 0.3) is 5.91 Å². The van der Waals surface area contributed by atoms with Gasteiger partial charge in [0, 0.05) is 18.6 Å². The minimum Gasteiger partial charge on any atom is -0.346 e. The van der Waals surface area contributed by atoms with Crippen LogP contribution in [0.5, 0.6) is 0 Å². The molecule has 0 fully saturated rings. The molecular formula is C14H12N4OS. The molecule has 100 valence electrons. The summed E-state index contributed by atoms with van der Waals surface area (Å²) < 4.78 is 0. The summed E-state index contributed by atoms with van der Waals surface area (Å²) in [7, 11) is 0. The Morgan fingerprint density at radius 2 is 2.15 bits per heavy atom. The summed E-state index contributed by atoms with van der Waals surface area (Å²) in [6, 6.07) is 9.31. The van der Waals surface area contributed by atoms with Crippen LogP contribution in [0.3, 0.4) is 0 Å². The molecule has 3 rings (SSSR count). The number of nitrogens with one attached hydrogen (secondary N) is 2. The van der Waals surface area contributed by atoms with Gasteiger partial charge in [0.2, 0.25) is 0 Å². The van der Waals surface area contributed by atoms with Gasteiger partial charge in [-0.15, -0.1) is 11.3 Å². The number of pyridine rings is 1. The van der Waals surface area contributed by atoms with Crippen LogP contribution < -0.4 is 5.32 Å². The largest absolute Gasteiger partial charge is 0.346 e. The number of rotatable bonds is 4. The fourth-order valence-corrected chi connectivity index (χ4v) is 2.63. The van der Waals surface area contributed by atoms with Gasteiger partial charge < -0.3 is 10.3 Å². The SMILES string of the molecule is O=C(NCc1ccccn1)c1ccc(-c2ncc[nH]2)s1. The minimum atomic E-state index is -0.0986. The van der Waals surface area contributed by atoms with Gasteiger partial charge in [-0.2, -0.15) is 0 Å². The fraction of sp³-hybridized carbons (Fsp3) is 0.0714. The van der Waals surface area contributed by atoms with E-state index in [0.29, 0.717) is 11.4 Å². The van der Waals surface area contributed by atoms with Crippen molar-refractivity contribution in [3.05, 3.63) is 59.5 Å². The number of imidazole rings is 1. The van der Waals surface area contributed by atoms with Crippen molar-refractivity contribution in [2.75, 3.05) is 0 Å². The van der Waals surface area contributed by atoms with Crippen molar-refractivity contribution in [3.8, 4) is 10.7 Å². The first-order valence-electron chi connectivity index (χ1n) is 6.10. The van der Waals surface area contributed by atoms with Crippen molar-refractivity contribution in [2.24, 2.45) is 0 Å². The van der Waals surface area contributed by atoms with Crippen molar-refractivity contribution in [3.63, 3.8) is 0 Å². The van der Waals surface area contributed by atoms with Crippen molar-refractivity contribution >= 4 is 17.2 Å². The maximum atomic E-state index is 12.0. The van der Waals surface area contributed by atoms with Crippen molar-refractivity contribution in [2.45, 2.75) is 6.54 Å². The standard InChI is InChI=1S/C14H12N4OS/c19-14(18-9-10-3-1-2-6-15-10)12-5-4-11(20-12)13-16-7-8-17-13/h1-8H,9H2,(H,16,17)(H,18,19). The van der Waals surface area contributed by atoms with E-state index in [-0.39, 0.29) is 5.91 Å². The molecule has 20 heavy (non-hydrogen) atoms. The Morgan fingerprint density at radius 3 is 2.90 bits per heavy atom. The summed E-state index contributed by atoms with van der Waals surface area (Å²) in [6.45, 7) is 0.424. The molecule has 0 saturated heterocycles. The third-order valence-corrected chi connectivity index (χ3v) is 3.81. The molecular weight excluding hydrogens is 272 g/mol. The summed E-state index contributed by atoms with van der Waals surface area (Å²) >= 11 is 1.41. The first-order chi connectivity index (χ1) is 9.83. The van der Waals surface area contributed by atoms with Crippen LogP contribution in [0.1, 0.15) is 15.4 Å². The van der Waals surface area contributed by atoms with E-state index in [9.17, 15) is 4.79 Å². The molecule has 1 amide bonds. The maximum absolute atomic E-state index is 12.0. The molecule has 0 spiro atoms. The predicted octanol–water partition coefficient (Wildman–Crippen LogP) is 2.46. The molecule has 0 aliphatic carbocycles. The minimum absolute atomic E-state index is 0.0986. The number of hydrogen-bond acceptors (Lipinski definition) is 4. The first-order valence-corrected chi connectivity index (χ1v) is 6.92. The monoisotopic (exact) mass is 284 g/mol. The van der Waals surface area contributed by atoms with E-state index >= 15 is 0 Å². The van der Waals surface area contributed by atoms with E-state index in [1.54, 1.807) is 24.7 Å². The fourth-order valence-electron chi connectivity index (χ4n) is 1.75. The lowest BCUT2D eigenvalue weighted by molar-refractivity contribution is 0.0954. The number of thiophene rings is 1. The van der Waals surface area contributed by atoms with Gasteiger partial charge in [-0.1, -0.05) is 6.07 Å². The molecule has 0 aliphatic heterocycles. The highest BCUT2D eigenvalue weighted by Crippen LogP contribution is 2.25. The summed E-state index contributed by atoms with van der Waals surface area (Å²) in [5.41, 5.74) is 0.837. The zero-order chi connectivity index (χ0) is 13.8. The number of hydrogen-bond donors (Lipinski definition) is 2. The Balaban J connectivity index is 1.66. The third-order valence-electron chi connectivity index (χ3n) is 2.72. The average molecular weight is 284 g/mol. The maximum Gasteiger partial charge on any atom is 0.261 e. The summed E-state index contributed by atoms with van der Waals surface area (Å²) in [5.74, 6) is 0.678. The quantitative estimate of drug-likeness (QED) is 0.773. The Bertz CT molecular complexity index is 691. The van der Waals surface area contributed by atoms with Crippen LogP contribution in [0, 0.1) is 0 Å². The number of carbonyl (C=O) groups is 1. The Labute approximate surface area is 119 Å². The average Bonchev–Trinajstić information content (AvgIpc) is 3.16. The van der Waals surface area contributed by atoms with E-state index in [1.165, 1.54) is 11.3 Å². The molecule has 0 saturated carbocycles. The van der Waals surface area contributed by atoms with E-state index in [0.717, 1.165) is 16.4 Å². The highest BCUT2D eigenvalue weighted by atomic mass is 32.1. The van der Waals surface area contributed by atoms with Crippen LogP contribution in [0.15, 0.2) is 48.9 Å². The van der Waals surface area contributed by atoms with Gasteiger partial charge >= 0.3 is 0 Å². The predicted molar refractivity (Wildman–Crippen MR) is 77.3 cm³/mol. The van der Waals surface area contributed by atoms with Crippen LogP contribution >= 0.6 is 11.3 Å². The topological polar surface area (TPSA) is 70.7 Å². The Hall–Kier alpha value is -2.47. The van der Waals surface area contributed by atoms with Crippen LogP contribution in [0.25, 0.3) is 10.7 Å². The van der Waals surface area contributed by atoms with Crippen LogP contribution in [0.4, 0.5) is 0 Å². The lowest BCUT2D eigenvalue weighted by Gasteiger charge is -2.02. The third kappa shape index (κ3) is 2.75. The van der Waals surface area contributed by atoms with E-state index in [1.807, 2.05) is 24.3 Å². The van der Waals surface area contributed by atoms with Gasteiger partial charge in [-0.25, -0.2) is 4.98 Å².